The first kappa shape index (κ1) is 18.2. The SMILES string of the molecule is CC(C)N1c2ccc(C=Nc3ccc(Br)cc3)cc2[C@@H](C)CC1(C)C. The van der Waals surface area contributed by atoms with Gasteiger partial charge in [-0.15, -0.1) is 0 Å². The minimum Gasteiger partial charge on any atom is -0.364 e. The number of benzene rings is 2. The lowest BCUT2D eigenvalue weighted by atomic mass is 9.79. The third kappa shape index (κ3) is 3.82. The Morgan fingerprint density at radius 1 is 1.16 bits per heavy atom. The van der Waals surface area contributed by atoms with Gasteiger partial charge in [0.15, 0.2) is 0 Å². The largest absolute Gasteiger partial charge is 0.364 e. The highest BCUT2D eigenvalue weighted by Gasteiger charge is 2.37. The highest BCUT2D eigenvalue weighted by atomic mass is 79.9. The maximum absolute atomic E-state index is 4.61. The third-order valence-corrected chi connectivity index (χ3v) is 5.53. The van der Waals surface area contributed by atoms with Crippen molar-refractivity contribution in [2.75, 3.05) is 4.90 Å². The number of nitrogens with zero attached hydrogens (tertiary/aromatic N) is 2. The van der Waals surface area contributed by atoms with Crippen LogP contribution in [0.4, 0.5) is 11.4 Å². The predicted octanol–water partition coefficient (Wildman–Crippen LogP) is 6.70. The molecule has 2 aromatic carbocycles. The Bertz CT molecular complexity index is 775. The van der Waals surface area contributed by atoms with Crippen LogP contribution in [0, 0.1) is 0 Å². The molecule has 0 saturated heterocycles. The van der Waals surface area contributed by atoms with E-state index in [1.54, 1.807) is 0 Å². The Kier molecular flexibility index (Phi) is 5.06. The third-order valence-electron chi connectivity index (χ3n) is 5.01. The van der Waals surface area contributed by atoms with Gasteiger partial charge in [-0.1, -0.05) is 28.9 Å². The summed E-state index contributed by atoms with van der Waals surface area (Å²) in [5.41, 5.74) is 5.14. The van der Waals surface area contributed by atoms with Crippen LogP contribution in [-0.4, -0.2) is 17.8 Å². The minimum absolute atomic E-state index is 0.188. The van der Waals surface area contributed by atoms with Crippen molar-refractivity contribution in [1.82, 2.24) is 0 Å². The van der Waals surface area contributed by atoms with Crippen molar-refractivity contribution in [2.24, 2.45) is 4.99 Å². The van der Waals surface area contributed by atoms with Crippen molar-refractivity contribution in [1.29, 1.82) is 0 Å². The van der Waals surface area contributed by atoms with Gasteiger partial charge in [0.1, 0.15) is 0 Å². The summed E-state index contributed by atoms with van der Waals surface area (Å²) in [6.45, 7) is 11.6. The monoisotopic (exact) mass is 398 g/mol. The number of rotatable bonds is 3. The van der Waals surface area contributed by atoms with Gasteiger partial charge in [0, 0.05) is 28.0 Å². The number of halogens is 1. The Hall–Kier alpha value is -1.61. The average Bonchev–Trinajstić information content (AvgIpc) is 2.53. The molecule has 2 aromatic rings. The molecule has 0 unspecified atom stereocenters. The molecule has 0 bridgehead atoms. The Morgan fingerprint density at radius 3 is 2.48 bits per heavy atom. The molecule has 0 amide bonds. The second kappa shape index (κ2) is 6.95. The molecule has 0 saturated carbocycles. The van der Waals surface area contributed by atoms with E-state index in [-0.39, 0.29) is 5.54 Å². The van der Waals surface area contributed by atoms with E-state index >= 15 is 0 Å². The first-order valence-corrected chi connectivity index (χ1v) is 9.80. The fourth-order valence-electron chi connectivity index (χ4n) is 4.20. The molecule has 3 rings (SSSR count). The van der Waals surface area contributed by atoms with E-state index in [0.29, 0.717) is 12.0 Å². The normalized spacial score (nSPS) is 19.5. The van der Waals surface area contributed by atoms with Crippen LogP contribution in [0.2, 0.25) is 0 Å². The maximum Gasteiger partial charge on any atom is 0.0630 e. The van der Waals surface area contributed by atoms with Crippen molar-refractivity contribution in [3.05, 3.63) is 58.1 Å². The fraction of sp³-hybridized carbons (Fsp3) is 0.409. The number of hydrogen-bond donors (Lipinski definition) is 0. The van der Waals surface area contributed by atoms with Gasteiger partial charge in [-0.25, -0.2) is 0 Å². The van der Waals surface area contributed by atoms with E-state index in [0.717, 1.165) is 15.7 Å². The van der Waals surface area contributed by atoms with Gasteiger partial charge in [0.05, 0.1) is 5.69 Å². The van der Waals surface area contributed by atoms with E-state index in [1.165, 1.54) is 17.7 Å². The van der Waals surface area contributed by atoms with E-state index in [4.69, 9.17) is 0 Å². The molecule has 25 heavy (non-hydrogen) atoms. The smallest absolute Gasteiger partial charge is 0.0630 e. The van der Waals surface area contributed by atoms with Crippen molar-refractivity contribution >= 4 is 33.5 Å². The maximum atomic E-state index is 4.61. The van der Waals surface area contributed by atoms with Crippen molar-refractivity contribution in [2.45, 2.75) is 58.5 Å². The molecule has 1 aliphatic heterocycles. The highest BCUT2D eigenvalue weighted by molar-refractivity contribution is 9.10. The molecule has 3 heteroatoms. The first-order valence-electron chi connectivity index (χ1n) is 9.01. The van der Waals surface area contributed by atoms with Gasteiger partial charge < -0.3 is 4.90 Å². The van der Waals surface area contributed by atoms with Gasteiger partial charge in [-0.05, 0) is 87.6 Å². The second-order valence-electron chi connectivity index (χ2n) is 7.93. The van der Waals surface area contributed by atoms with Crippen LogP contribution < -0.4 is 4.90 Å². The molecule has 132 valence electrons. The zero-order valence-electron chi connectivity index (χ0n) is 15.8. The number of fused-ring (bicyclic) bond motifs is 1. The van der Waals surface area contributed by atoms with Gasteiger partial charge in [0.25, 0.3) is 0 Å². The number of hydrogen-bond acceptors (Lipinski definition) is 2. The predicted molar refractivity (Wildman–Crippen MR) is 113 cm³/mol. The van der Waals surface area contributed by atoms with Crippen LogP contribution in [0.25, 0.3) is 0 Å². The minimum atomic E-state index is 0.188. The Morgan fingerprint density at radius 2 is 1.84 bits per heavy atom. The summed E-state index contributed by atoms with van der Waals surface area (Å²) in [5.74, 6) is 0.557. The van der Waals surface area contributed by atoms with Gasteiger partial charge in [-0.2, -0.15) is 0 Å². The van der Waals surface area contributed by atoms with Gasteiger partial charge in [-0.3, -0.25) is 4.99 Å². The lowest BCUT2D eigenvalue weighted by Gasteiger charge is -2.50. The zero-order valence-corrected chi connectivity index (χ0v) is 17.3. The van der Waals surface area contributed by atoms with Gasteiger partial charge in [0.2, 0.25) is 0 Å². The van der Waals surface area contributed by atoms with Crippen LogP contribution in [0.3, 0.4) is 0 Å². The number of anilines is 1. The molecular weight excluding hydrogens is 372 g/mol. The molecule has 0 aromatic heterocycles. The molecule has 0 radical (unpaired) electrons. The van der Waals surface area contributed by atoms with E-state index in [2.05, 4.69) is 78.6 Å². The van der Waals surface area contributed by atoms with Crippen molar-refractivity contribution < 1.29 is 0 Å². The highest BCUT2D eigenvalue weighted by Crippen LogP contribution is 2.44. The van der Waals surface area contributed by atoms with Crippen LogP contribution in [0.1, 0.15) is 58.1 Å². The summed E-state index contributed by atoms with van der Waals surface area (Å²) in [5, 5.41) is 0. The van der Waals surface area contributed by atoms with Crippen LogP contribution >= 0.6 is 15.9 Å². The summed E-state index contributed by atoms with van der Waals surface area (Å²) >= 11 is 3.46. The van der Waals surface area contributed by atoms with Crippen LogP contribution in [0.5, 0.6) is 0 Å². The molecule has 1 aliphatic rings. The zero-order chi connectivity index (χ0) is 18.2. The molecule has 0 aliphatic carbocycles. The lowest BCUT2D eigenvalue weighted by Crippen LogP contribution is -2.51. The molecule has 0 N–H and O–H groups in total. The molecule has 0 fully saturated rings. The molecule has 2 nitrogen and oxygen atoms in total. The summed E-state index contributed by atoms with van der Waals surface area (Å²) in [4.78, 5) is 7.18. The Balaban J connectivity index is 1.93. The van der Waals surface area contributed by atoms with E-state index in [1.807, 2.05) is 30.5 Å². The topological polar surface area (TPSA) is 15.6 Å². The van der Waals surface area contributed by atoms with Crippen molar-refractivity contribution in [3.63, 3.8) is 0 Å². The Labute approximate surface area is 160 Å². The average molecular weight is 399 g/mol. The lowest BCUT2D eigenvalue weighted by molar-refractivity contribution is 0.356. The van der Waals surface area contributed by atoms with Crippen LogP contribution in [-0.2, 0) is 0 Å². The summed E-state index contributed by atoms with van der Waals surface area (Å²) in [6, 6.07) is 15.3. The van der Waals surface area contributed by atoms with Crippen molar-refractivity contribution in [3.8, 4) is 0 Å². The fourth-order valence-corrected chi connectivity index (χ4v) is 4.47. The van der Waals surface area contributed by atoms with E-state index < -0.39 is 0 Å². The molecule has 1 atom stereocenters. The molecular formula is C22H27BrN2. The van der Waals surface area contributed by atoms with E-state index in [9.17, 15) is 0 Å². The molecule has 1 heterocycles. The van der Waals surface area contributed by atoms with Gasteiger partial charge >= 0.3 is 0 Å². The van der Waals surface area contributed by atoms with Crippen LogP contribution in [0.15, 0.2) is 51.9 Å². The quantitative estimate of drug-likeness (QED) is 0.525. The first-order chi connectivity index (χ1) is 11.8. The molecule has 0 spiro atoms. The summed E-state index contributed by atoms with van der Waals surface area (Å²) < 4.78 is 1.07. The number of aliphatic imine (C=N–C) groups is 1. The summed E-state index contributed by atoms with van der Waals surface area (Å²) in [6.07, 6.45) is 3.14. The standard InChI is InChI=1S/C22H27BrN2/c1-15(2)25-21-11-6-17(12-20(21)16(3)13-22(25,4)5)14-24-19-9-7-18(23)8-10-19/h6-12,14-16H,13H2,1-5H3/t16-/m0/s1. The summed E-state index contributed by atoms with van der Waals surface area (Å²) in [7, 11) is 0. The second-order valence-corrected chi connectivity index (χ2v) is 8.85.